The molecule has 0 aliphatic carbocycles. The van der Waals surface area contributed by atoms with Crippen LogP contribution in [0.5, 0.6) is 5.75 Å². The lowest BCUT2D eigenvalue weighted by Crippen LogP contribution is -2.34. The van der Waals surface area contributed by atoms with Gasteiger partial charge in [0.2, 0.25) is 0 Å². The van der Waals surface area contributed by atoms with Crippen LogP contribution < -0.4 is 15.4 Å². The lowest BCUT2D eigenvalue weighted by Gasteiger charge is -2.25. The quantitative estimate of drug-likeness (QED) is 0.839. The number of hydrogen-bond acceptors (Lipinski definition) is 3. The largest absolute Gasteiger partial charge is 0.496 e. The Bertz CT molecular complexity index is 361. The van der Waals surface area contributed by atoms with E-state index in [0.29, 0.717) is 6.04 Å². The molecule has 1 heterocycles. The number of nitrogens with one attached hydrogen (secondary N) is 2. The Labute approximate surface area is 110 Å². The molecule has 1 fully saturated rings. The lowest BCUT2D eigenvalue weighted by atomic mass is 9.97. The van der Waals surface area contributed by atoms with Gasteiger partial charge in [0, 0.05) is 11.6 Å². The van der Waals surface area contributed by atoms with Crippen molar-refractivity contribution in [3.8, 4) is 5.75 Å². The van der Waals surface area contributed by atoms with E-state index in [-0.39, 0.29) is 0 Å². The Morgan fingerprint density at radius 3 is 2.78 bits per heavy atom. The minimum absolute atomic E-state index is 0.344. The predicted octanol–water partition coefficient (Wildman–Crippen LogP) is 2.35. The van der Waals surface area contributed by atoms with Crippen molar-refractivity contribution in [2.45, 2.75) is 25.8 Å². The fraction of sp³-hybridized carbons (Fsp3) is 0.600. The first-order chi connectivity index (χ1) is 8.81. The van der Waals surface area contributed by atoms with E-state index in [9.17, 15) is 0 Å². The third-order valence-corrected chi connectivity index (χ3v) is 3.78. The predicted molar refractivity (Wildman–Crippen MR) is 75.0 cm³/mol. The van der Waals surface area contributed by atoms with Crippen LogP contribution in [0, 0.1) is 5.92 Å². The van der Waals surface area contributed by atoms with Crippen molar-refractivity contribution >= 4 is 0 Å². The van der Waals surface area contributed by atoms with Crippen molar-refractivity contribution in [1.82, 2.24) is 10.6 Å². The summed E-state index contributed by atoms with van der Waals surface area (Å²) in [7, 11) is 1.73. The molecule has 1 aliphatic heterocycles. The van der Waals surface area contributed by atoms with Gasteiger partial charge in [0.25, 0.3) is 0 Å². The number of piperidine rings is 1. The molecule has 1 aromatic carbocycles. The molecule has 1 saturated heterocycles. The highest BCUT2D eigenvalue weighted by Gasteiger charge is 2.15. The Kier molecular flexibility index (Phi) is 5.02. The topological polar surface area (TPSA) is 33.3 Å². The molecule has 0 saturated carbocycles. The number of hydrogen-bond donors (Lipinski definition) is 2. The third kappa shape index (κ3) is 3.47. The van der Waals surface area contributed by atoms with E-state index in [0.717, 1.165) is 31.3 Å². The summed E-state index contributed by atoms with van der Waals surface area (Å²) in [4.78, 5) is 0. The zero-order chi connectivity index (χ0) is 12.8. The van der Waals surface area contributed by atoms with E-state index in [1.165, 1.54) is 18.4 Å². The van der Waals surface area contributed by atoms with Crippen molar-refractivity contribution in [3.05, 3.63) is 29.8 Å². The number of benzene rings is 1. The minimum atomic E-state index is 0.344. The van der Waals surface area contributed by atoms with Gasteiger partial charge < -0.3 is 15.4 Å². The first-order valence-corrected chi connectivity index (χ1v) is 6.88. The van der Waals surface area contributed by atoms with Crippen LogP contribution in [0.15, 0.2) is 24.3 Å². The van der Waals surface area contributed by atoms with Crippen LogP contribution in [0.25, 0.3) is 0 Å². The molecular formula is C15H24N2O. The lowest BCUT2D eigenvalue weighted by molar-refractivity contribution is 0.341. The molecule has 3 nitrogen and oxygen atoms in total. The normalized spacial score (nSPS) is 18.6. The molecule has 0 radical (unpaired) electrons. The molecule has 0 aromatic heterocycles. The number of ether oxygens (including phenoxy) is 1. The summed E-state index contributed by atoms with van der Waals surface area (Å²) in [5.41, 5.74) is 1.24. The van der Waals surface area contributed by atoms with E-state index in [1.54, 1.807) is 7.11 Å². The summed E-state index contributed by atoms with van der Waals surface area (Å²) >= 11 is 0. The van der Waals surface area contributed by atoms with Crippen molar-refractivity contribution in [1.29, 1.82) is 0 Å². The molecule has 18 heavy (non-hydrogen) atoms. The van der Waals surface area contributed by atoms with E-state index in [2.05, 4.69) is 29.7 Å². The highest BCUT2D eigenvalue weighted by molar-refractivity contribution is 5.35. The van der Waals surface area contributed by atoms with Gasteiger partial charge in [-0.25, -0.2) is 0 Å². The van der Waals surface area contributed by atoms with E-state index >= 15 is 0 Å². The summed E-state index contributed by atoms with van der Waals surface area (Å²) in [6, 6.07) is 8.59. The summed E-state index contributed by atoms with van der Waals surface area (Å²) in [6.45, 7) is 5.63. The molecule has 1 aromatic rings. The van der Waals surface area contributed by atoms with E-state index in [4.69, 9.17) is 4.74 Å². The highest BCUT2D eigenvalue weighted by atomic mass is 16.5. The van der Waals surface area contributed by atoms with Crippen molar-refractivity contribution in [2.24, 2.45) is 5.92 Å². The Morgan fingerprint density at radius 2 is 2.06 bits per heavy atom. The highest BCUT2D eigenvalue weighted by Crippen LogP contribution is 2.24. The van der Waals surface area contributed by atoms with Gasteiger partial charge in [-0.15, -0.1) is 0 Å². The maximum Gasteiger partial charge on any atom is 0.123 e. The first kappa shape index (κ1) is 13.4. The van der Waals surface area contributed by atoms with Gasteiger partial charge in [0.1, 0.15) is 5.75 Å². The smallest absolute Gasteiger partial charge is 0.123 e. The van der Waals surface area contributed by atoms with Crippen LogP contribution in [0.4, 0.5) is 0 Å². The van der Waals surface area contributed by atoms with Crippen LogP contribution in [-0.4, -0.2) is 26.7 Å². The van der Waals surface area contributed by atoms with Crippen LogP contribution in [0.3, 0.4) is 0 Å². The van der Waals surface area contributed by atoms with Crippen molar-refractivity contribution in [3.63, 3.8) is 0 Å². The van der Waals surface area contributed by atoms with Crippen molar-refractivity contribution in [2.75, 3.05) is 26.7 Å². The molecule has 1 aliphatic rings. The van der Waals surface area contributed by atoms with Gasteiger partial charge in [0.05, 0.1) is 7.11 Å². The van der Waals surface area contributed by atoms with Gasteiger partial charge in [-0.3, -0.25) is 0 Å². The van der Waals surface area contributed by atoms with Crippen LogP contribution in [0.2, 0.25) is 0 Å². The Hall–Kier alpha value is -1.06. The molecule has 0 amide bonds. The number of methoxy groups -OCH3 is 1. The van der Waals surface area contributed by atoms with Crippen LogP contribution >= 0.6 is 0 Å². The average Bonchev–Trinajstić information content (AvgIpc) is 2.45. The molecule has 3 heteroatoms. The first-order valence-electron chi connectivity index (χ1n) is 6.88. The molecular weight excluding hydrogens is 224 g/mol. The van der Waals surface area contributed by atoms with Gasteiger partial charge in [-0.2, -0.15) is 0 Å². The zero-order valence-electron chi connectivity index (χ0n) is 11.4. The van der Waals surface area contributed by atoms with Gasteiger partial charge in [0.15, 0.2) is 0 Å². The second-order valence-corrected chi connectivity index (χ2v) is 5.07. The molecule has 100 valence electrons. The fourth-order valence-corrected chi connectivity index (χ4v) is 2.56. The zero-order valence-corrected chi connectivity index (χ0v) is 11.4. The number of para-hydroxylation sites is 1. The summed E-state index contributed by atoms with van der Waals surface area (Å²) in [5.74, 6) is 1.78. The molecule has 0 spiro atoms. The van der Waals surface area contributed by atoms with Gasteiger partial charge in [-0.05, 0) is 51.4 Å². The molecule has 1 atom stereocenters. The van der Waals surface area contributed by atoms with E-state index in [1.807, 2.05) is 12.1 Å². The number of rotatable bonds is 5. The average molecular weight is 248 g/mol. The van der Waals surface area contributed by atoms with Crippen LogP contribution in [0.1, 0.15) is 31.4 Å². The summed E-state index contributed by atoms with van der Waals surface area (Å²) in [6.07, 6.45) is 2.57. The maximum atomic E-state index is 5.41. The SMILES string of the molecule is COc1ccccc1[C@@H](C)NCC1CCNCC1. The third-order valence-electron chi connectivity index (χ3n) is 3.78. The summed E-state index contributed by atoms with van der Waals surface area (Å²) in [5, 5.41) is 7.04. The van der Waals surface area contributed by atoms with Crippen LogP contribution in [-0.2, 0) is 0 Å². The summed E-state index contributed by atoms with van der Waals surface area (Å²) < 4.78 is 5.41. The van der Waals surface area contributed by atoms with E-state index < -0.39 is 0 Å². The standard InChI is InChI=1S/C15H24N2O/c1-12(14-5-3-4-6-15(14)18-2)17-11-13-7-9-16-10-8-13/h3-6,12-13,16-17H,7-11H2,1-2H3/t12-/m1/s1. The second kappa shape index (κ2) is 6.76. The fourth-order valence-electron chi connectivity index (χ4n) is 2.56. The Balaban J connectivity index is 1.88. The Morgan fingerprint density at radius 1 is 1.33 bits per heavy atom. The monoisotopic (exact) mass is 248 g/mol. The van der Waals surface area contributed by atoms with Gasteiger partial charge >= 0.3 is 0 Å². The minimum Gasteiger partial charge on any atom is -0.496 e. The molecule has 2 N–H and O–H groups in total. The second-order valence-electron chi connectivity index (χ2n) is 5.07. The van der Waals surface area contributed by atoms with Crippen molar-refractivity contribution < 1.29 is 4.74 Å². The molecule has 2 rings (SSSR count). The molecule has 0 bridgehead atoms. The maximum absolute atomic E-state index is 5.41. The van der Waals surface area contributed by atoms with Gasteiger partial charge in [-0.1, -0.05) is 18.2 Å². The molecule has 0 unspecified atom stereocenters.